The second-order valence-corrected chi connectivity index (χ2v) is 6.96. The lowest BCUT2D eigenvalue weighted by Gasteiger charge is -2.35. The highest BCUT2D eigenvalue weighted by Crippen LogP contribution is 2.39. The van der Waals surface area contributed by atoms with Crippen molar-refractivity contribution < 1.29 is 14.3 Å². The summed E-state index contributed by atoms with van der Waals surface area (Å²) < 4.78 is 10.6. The third-order valence-electron chi connectivity index (χ3n) is 5.02. The molecule has 0 spiro atoms. The number of hydrogen-bond acceptors (Lipinski definition) is 3. The molecule has 0 radical (unpaired) electrons. The van der Waals surface area contributed by atoms with Crippen LogP contribution < -0.4 is 4.74 Å². The van der Waals surface area contributed by atoms with Gasteiger partial charge in [0.1, 0.15) is 11.8 Å². The molecule has 1 aliphatic rings. The molecule has 27 heavy (non-hydrogen) atoms. The van der Waals surface area contributed by atoms with E-state index in [1.807, 2.05) is 49.4 Å². The summed E-state index contributed by atoms with van der Waals surface area (Å²) in [5.74, 6) is 0.779. The van der Waals surface area contributed by atoms with Gasteiger partial charge in [-0.1, -0.05) is 23.7 Å². The Kier molecular flexibility index (Phi) is 4.70. The minimum absolute atomic E-state index is 0.245. The number of nitrogens with one attached hydrogen (secondary N) is 1. The Balaban J connectivity index is 1.86. The molecular formula is C21H21ClN2O3. The number of benzene rings is 2. The van der Waals surface area contributed by atoms with E-state index in [4.69, 9.17) is 21.1 Å². The lowest BCUT2D eigenvalue weighted by molar-refractivity contribution is 0.0932. The van der Waals surface area contributed by atoms with Gasteiger partial charge in [0.2, 0.25) is 0 Å². The highest BCUT2D eigenvalue weighted by Gasteiger charge is 2.35. The molecule has 2 heterocycles. The average molecular weight is 385 g/mol. The van der Waals surface area contributed by atoms with Crippen LogP contribution in [0.4, 0.5) is 4.79 Å². The van der Waals surface area contributed by atoms with Gasteiger partial charge in [-0.25, -0.2) is 4.79 Å². The van der Waals surface area contributed by atoms with Crippen molar-refractivity contribution >= 4 is 28.6 Å². The number of fused-ring (bicyclic) bond motifs is 3. The van der Waals surface area contributed by atoms with Crippen molar-refractivity contribution in [1.82, 2.24) is 9.88 Å². The lowest BCUT2D eigenvalue weighted by Crippen LogP contribution is -2.40. The van der Waals surface area contributed by atoms with Gasteiger partial charge in [0.25, 0.3) is 0 Å². The fourth-order valence-electron chi connectivity index (χ4n) is 3.80. The fourth-order valence-corrected chi connectivity index (χ4v) is 3.97. The van der Waals surface area contributed by atoms with Crippen molar-refractivity contribution in [3.8, 4) is 5.75 Å². The van der Waals surface area contributed by atoms with Crippen molar-refractivity contribution in [3.63, 3.8) is 0 Å². The molecule has 0 aliphatic carbocycles. The van der Waals surface area contributed by atoms with E-state index in [-0.39, 0.29) is 12.1 Å². The Morgan fingerprint density at radius 2 is 2.04 bits per heavy atom. The maximum absolute atomic E-state index is 12.6. The third kappa shape index (κ3) is 3.12. The minimum atomic E-state index is -0.305. The number of hydrogen-bond donors (Lipinski definition) is 1. The van der Waals surface area contributed by atoms with Gasteiger partial charge in [0.15, 0.2) is 0 Å². The van der Waals surface area contributed by atoms with Gasteiger partial charge in [-0.2, -0.15) is 0 Å². The molecule has 3 aromatic rings. The van der Waals surface area contributed by atoms with E-state index in [1.165, 1.54) is 5.56 Å². The number of ether oxygens (including phenoxy) is 2. The Labute approximate surface area is 162 Å². The molecule has 1 aliphatic heterocycles. The second-order valence-electron chi connectivity index (χ2n) is 6.53. The number of aromatic nitrogens is 1. The van der Waals surface area contributed by atoms with Crippen molar-refractivity contribution in [1.29, 1.82) is 0 Å². The zero-order chi connectivity index (χ0) is 19.0. The molecule has 0 unspecified atom stereocenters. The Hall–Kier alpha value is -2.66. The summed E-state index contributed by atoms with van der Waals surface area (Å²) in [7, 11) is 1.64. The number of nitrogens with zero attached hydrogens (tertiary/aromatic N) is 1. The molecule has 1 N–H and O–H groups in total. The van der Waals surface area contributed by atoms with E-state index in [0.29, 0.717) is 18.2 Å². The Morgan fingerprint density at radius 1 is 1.26 bits per heavy atom. The molecule has 0 bridgehead atoms. The first-order valence-corrected chi connectivity index (χ1v) is 9.37. The third-order valence-corrected chi connectivity index (χ3v) is 5.26. The number of carbonyl (C=O) groups excluding carboxylic acids is 1. The number of methoxy groups -OCH3 is 1. The van der Waals surface area contributed by atoms with Gasteiger partial charge >= 0.3 is 6.09 Å². The largest absolute Gasteiger partial charge is 0.497 e. The van der Waals surface area contributed by atoms with Crippen LogP contribution in [0.2, 0.25) is 5.02 Å². The van der Waals surface area contributed by atoms with Crippen molar-refractivity contribution in [2.75, 3.05) is 20.3 Å². The maximum Gasteiger partial charge on any atom is 0.410 e. The molecule has 2 aromatic carbocycles. The average Bonchev–Trinajstić information content (AvgIpc) is 3.05. The molecule has 1 atom stereocenters. The van der Waals surface area contributed by atoms with Gasteiger partial charge in [-0.05, 0) is 54.8 Å². The number of halogens is 1. The first-order valence-electron chi connectivity index (χ1n) is 8.99. The first-order chi connectivity index (χ1) is 13.1. The Bertz CT molecular complexity index is 981. The highest BCUT2D eigenvalue weighted by atomic mass is 35.5. The van der Waals surface area contributed by atoms with E-state index in [9.17, 15) is 4.79 Å². The quantitative estimate of drug-likeness (QED) is 0.696. The van der Waals surface area contributed by atoms with Gasteiger partial charge in [-0.15, -0.1) is 0 Å². The van der Waals surface area contributed by atoms with Crippen LogP contribution in [0, 0.1) is 0 Å². The van der Waals surface area contributed by atoms with Crippen LogP contribution in [0.5, 0.6) is 5.75 Å². The first kappa shape index (κ1) is 17.7. The smallest absolute Gasteiger partial charge is 0.410 e. The normalized spacial score (nSPS) is 16.3. The van der Waals surface area contributed by atoms with Gasteiger partial charge in [-0.3, -0.25) is 4.90 Å². The molecule has 140 valence electrons. The number of H-pyrrole nitrogens is 1. The predicted octanol–water partition coefficient (Wildman–Crippen LogP) is 4.93. The van der Waals surface area contributed by atoms with Crippen LogP contribution in [-0.4, -0.2) is 36.2 Å². The zero-order valence-corrected chi connectivity index (χ0v) is 16.0. The van der Waals surface area contributed by atoms with Crippen LogP contribution in [0.25, 0.3) is 10.9 Å². The van der Waals surface area contributed by atoms with Gasteiger partial charge < -0.3 is 14.5 Å². The van der Waals surface area contributed by atoms with Crippen molar-refractivity contribution in [3.05, 3.63) is 64.3 Å². The molecular weight excluding hydrogens is 364 g/mol. The molecule has 5 nitrogen and oxygen atoms in total. The molecule has 0 saturated heterocycles. The maximum atomic E-state index is 12.6. The summed E-state index contributed by atoms with van der Waals surface area (Å²) >= 11 is 6.21. The summed E-state index contributed by atoms with van der Waals surface area (Å²) in [6.45, 7) is 2.75. The summed E-state index contributed by atoms with van der Waals surface area (Å²) in [5.41, 5.74) is 4.24. The standard InChI is InChI=1S/C21H21ClN2O3/c1-3-27-21(25)24-11-10-16-17-12-14(22)6-9-18(17)23-19(16)20(24)13-4-7-15(26-2)8-5-13/h4-9,12,20,23H,3,10-11H2,1-2H3/t20-/m1/s1. The van der Waals surface area contributed by atoms with Crippen LogP contribution in [0.3, 0.4) is 0 Å². The second kappa shape index (κ2) is 7.16. The van der Waals surface area contributed by atoms with Crippen molar-refractivity contribution in [2.24, 2.45) is 0 Å². The zero-order valence-electron chi connectivity index (χ0n) is 15.3. The topological polar surface area (TPSA) is 54.6 Å². The number of rotatable bonds is 3. The van der Waals surface area contributed by atoms with E-state index < -0.39 is 0 Å². The van der Waals surface area contributed by atoms with Gasteiger partial charge in [0.05, 0.1) is 13.7 Å². The molecule has 6 heteroatoms. The fraction of sp³-hybridized carbons (Fsp3) is 0.286. The van der Waals surface area contributed by atoms with E-state index in [0.717, 1.165) is 34.3 Å². The summed E-state index contributed by atoms with van der Waals surface area (Å²) in [6.07, 6.45) is 0.446. The van der Waals surface area contributed by atoms with E-state index in [1.54, 1.807) is 12.0 Å². The number of carbonyl (C=O) groups is 1. The molecule has 0 saturated carbocycles. The molecule has 1 amide bonds. The minimum Gasteiger partial charge on any atom is -0.497 e. The summed E-state index contributed by atoms with van der Waals surface area (Å²) in [6, 6.07) is 13.4. The van der Waals surface area contributed by atoms with E-state index >= 15 is 0 Å². The Morgan fingerprint density at radius 3 is 2.74 bits per heavy atom. The molecule has 0 fully saturated rings. The molecule has 4 rings (SSSR count). The van der Waals surface area contributed by atoms with Crippen LogP contribution >= 0.6 is 11.6 Å². The van der Waals surface area contributed by atoms with Crippen LogP contribution in [-0.2, 0) is 11.2 Å². The summed E-state index contributed by atoms with van der Waals surface area (Å²) in [5, 5.41) is 1.82. The molecule has 1 aromatic heterocycles. The van der Waals surface area contributed by atoms with Gasteiger partial charge in [0, 0.05) is 28.2 Å². The van der Waals surface area contributed by atoms with Crippen LogP contribution in [0.1, 0.15) is 29.8 Å². The van der Waals surface area contributed by atoms with Crippen LogP contribution in [0.15, 0.2) is 42.5 Å². The monoisotopic (exact) mass is 384 g/mol. The lowest BCUT2D eigenvalue weighted by atomic mass is 9.92. The van der Waals surface area contributed by atoms with E-state index in [2.05, 4.69) is 4.98 Å². The van der Waals surface area contributed by atoms with Crippen molar-refractivity contribution in [2.45, 2.75) is 19.4 Å². The summed E-state index contributed by atoms with van der Waals surface area (Å²) in [4.78, 5) is 17.9. The number of amides is 1. The highest BCUT2D eigenvalue weighted by molar-refractivity contribution is 6.31. The predicted molar refractivity (Wildman–Crippen MR) is 106 cm³/mol. The number of aromatic amines is 1. The SMILES string of the molecule is CCOC(=O)N1CCc2c([nH]c3ccc(Cl)cc23)[C@H]1c1ccc(OC)cc1.